The number of methoxy groups -OCH3 is 2. The number of hydrogen-bond acceptors (Lipinski definition) is 2. The van der Waals surface area contributed by atoms with Gasteiger partial charge in [0.25, 0.3) is 0 Å². The van der Waals surface area contributed by atoms with Crippen molar-refractivity contribution in [3.8, 4) is 11.5 Å². The average molecular weight is 296 g/mol. The fourth-order valence-electron chi connectivity index (χ4n) is 1.02. The highest BCUT2D eigenvalue weighted by Gasteiger charge is 2.09. The Morgan fingerprint density at radius 1 is 1.31 bits per heavy atom. The molecule has 4 heteroatoms. The standard InChI is InChI=1S/C9H10FIO2/c1-12-6-3-8(11)7(5-10)9(4-6)13-2/h3-4H,5H2,1-2H3. The van der Waals surface area contributed by atoms with Gasteiger partial charge in [0.1, 0.15) is 18.2 Å². The molecule has 0 bridgehead atoms. The van der Waals surface area contributed by atoms with Crippen LogP contribution in [0.25, 0.3) is 0 Å². The lowest BCUT2D eigenvalue weighted by Crippen LogP contribution is -1.95. The predicted octanol–water partition coefficient (Wildman–Crippen LogP) is 2.78. The Morgan fingerprint density at radius 3 is 2.46 bits per heavy atom. The van der Waals surface area contributed by atoms with Gasteiger partial charge in [-0.1, -0.05) is 0 Å². The Labute approximate surface area is 90.2 Å². The minimum absolute atomic E-state index is 0.522. The summed E-state index contributed by atoms with van der Waals surface area (Å²) in [4.78, 5) is 0. The molecule has 2 nitrogen and oxygen atoms in total. The Kier molecular flexibility index (Phi) is 3.77. The topological polar surface area (TPSA) is 18.5 Å². The van der Waals surface area contributed by atoms with Gasteiger partial charge in [0, 0.05) is 15.2 Å². The lowest BCUT2D eigenvalue weighted by atomic mass is 10.2. The van der Waals surface area contributed by atoms with Crippen LogP contribution < -0.4 is 9.47 Å². The Balaban J connectivity index is 3.20. The van der Waals surface area contributed by atoms with Gasteiger partial charge in [-0.05, 0) is 28.7 Å². The maximum Gasteiger partial charge on any atom is 0.129 e. The molecule has 1 rings (SSSR count). The van der Waals surface area contributed by atoms with Crippen molar-refractivity contribution in [2.24, 2.45) is 0 Å². The predicted molar refractivity (Wildman–Crippen MR) is 57.1 cm³/mol. The zero-order valence-corrected chi connectivity index (χ0v) is 9.59. The second-order valence-electron chi connectivity index (χ2n) is 2.42. The number of ether oxygens (including phenoxy) is 2. The van der Waals surface area contributed by atoms with Crippen LogP contribution in [0.4, 0.5) is 4.39 Å². The van der Waals surface area contributed by atoms with Crippen molar-refractivity contribution in [2.75, 3.05) is 14.2 Å². The van der Waals surface area contributed by atoms with Crippen molar-refractivity contribution >= 4 is 22.6 Å². The summed E-state index contributed by atoms with van der Waals surface area (Å²) >= 11 is 2.06. The highest BCUT2D eigenvalue weighted by Crippen LogP contribution is 2.30. The fourth-order valence-corrected chi connectivity index (χ4v) is 1.73. The Hall–Kier alpha value is -0.520. The zero-order chi connectivity index (χ0) is 9.84. The average Bonchev–Trinajstić information content (AvgIpc) is 2.16. The van der Waals surface area contributed by atoms with Crippen molar-refractivity contribution in [3.63, 3.8) is 0 Å². The van der Waals surface area contributed by atoms with Gasteiger partial charge in [0.05, 0.1) is 14.2 Å². The molecule has 0 fully saturated rings. The minimum atomic E-state index is -0.522. The van der Waals surface area contributed by atoms with Crippen molar-refractivity contribution in [3.05, 3.63) is 21.3 Å². The molecule has 0 saturated carbocycles. The van der Waals surface area contributed by atoms with E-state index in [0.29, 0.717) is 17.1 Å². The molecule has 72 valence electrons. The van der Waals surface area contributed by atoms with E-state index in [1.165, 1.54) is 7.11 Å². The summed E-state index contributed by atoms with van der Waals surface area (Å²) in [6, 6.07) is 3.45. The van der Waals surface area contributed by atoms with E-state index in [-0.39, 0.29) is 0 Å². The zero-order valence-electron chi connectivity index (χ0n) is 7.43. The van der Waals surface area contributed by atoms with E-state index in [2.05, 4.69) is 22.6 Å². The second-order valence-corrected chi connectivity index (χ2v) is 3.59. The van der Waals surface area contributed by atoms with E-state index < -0.39 is 6.67 Å². The SMILES string of the molecule is COc1cc(I)c(CF)c(OC)c1. The van der Waals surface area contributed by atoms with Crippen LogP contribution in [-0.2, 0) is 6.67 Å². The molecule has 0 aliphatic rings. The lowest BCUT2D eigenvalue weighted by Gasteiger charge is -2.09. The van der Waals surface area contributed by atoms with Gasteiger partial charge in [0.15, 0.2) is 0 Å². The summed E-state index contributed by atoms with van der Waals surface area (Å²) in [5, 5.41) is 0. The molecule has 0 radical (unpaired) electrons. The number of alkyl halides is 1. The quantitative estimate of drug-likeness (QED) is 0.799. The summed E-state index contributed by atoms with van der Waals surface area (Å²) in [7, 11) is 3.09. The van der Waals surface area contributed by atoms with Crippen LogP contribution in [-0.4, -0.2) is 14.2 Å². The molecule has 0 aromatic heterocycles. The monoisotopic (exact) mass is 296 g/mol. The number of halogens is 2. The third-order valence-electron chi connectivity index (χ3n) is 1.72. The second kappa shape index (κ2) is 4.64. The molecule has 0 atom stereocenters. The molecular weight excluding hydrogens is 286 g/mol. The molecule has 0 spiro atoms. The first-order valence-electron chi connectivity index (χ1n) is 3.69. The molecule has 0 saturated heterocycles. The summed E-state index contributed by atoms with van der Waals surface area (Å²) in [5.41, 5.74) is 0.573. The molecule has 13 heavy (non-hydrogen) atoms. The third kappa shape index (κ3) is 2.24. The van der Waals surface area contributed by atoms with Crippen LogP contribution in [0.2, 0.25) is 0 Å². The largest absolute Gasteiger partial charge is 0.497 e. The summed E-state index contributed by atoms with van der Waals surface area (Å²) < 4.78 is 23.4. The number of rotatable bonds is 3. The van der Waals surface area contributed by atoms with Crippen molar-refractivity contribution < 1.29 is 13.9 Å². The number of benzene rings is 1. The molecule has 0 N–H and O–H groups in total. The van der Waals surface area contributed by atoms with E-state index in [4.69, 9.17) is 9.47 Å². The van der Waals surface area contributed by atoms with E-state index >= 15 is 0 Å². The van der Waals surface area contributed by atoms with Gasteiger partial charge in [-0.15, -0.1) is 0 Å². The van der Waals surface area contributed by atoms with Crippen LogP contribution in [0.15, 0.2) is 12.1 Å². The van der Waals surface area contributed by atoms with Crippen molar-refractivity contribution in [2.45, 2.75) is 6.67 Å². The minimum Gasteiger partial charge on any atom is -0.497 e. The van der Waals surface area contributed by atoms with Gasteiger partial charge in [-0.3, -0.25) is 0 Å². The van der Waals surface area contributed by atoms with Gasteiger partial charge >= 0.3 is 0 Å². The normalized spacial score (nSPS) is 9.85. The van der Waals surface area contributed by atoms with Crippen molar-refractivity contribution in [1.29, 1.82) is 0 Å². The molecular formula is C9H10FIO2. The van der Waals surface area contributed by atoms with E-state index in [1.54, 1.807) is 19.2 Å². The molecule has 0 aliphatic heterocycles. The third-order valence-corrected chi connectivity index (χ3v) is 2.68. The molecule has 0 heterocycles. The van der Waals surface area contributed by atoms with Gasteiger partial charge in [0.2, 0.25) is 0 Å². The van der Waals surface area contributed by atoms with Crippen molar-refractivity contribution in [1.82, 2.24) is 0 Å². The lowest BCUT2D eigenvalue weighted by molar-refractivity contribution is 0.380. The van der Waals surface area contributed by atoms with E-state index in [9.17, 15) is 4.39 Å². The highest BCUT2D eigenvalue weighted by molar-refractivity contribution is 14.1. The first-order chi connectivity index (χ1) is 6.22. The van der Waals surface area contributed by atoms with Crippen LogP contribution in [0.1, 0.15) is 5.56 Å². The van der Waals surface area contributed by atoms with Crippen LogP contribution in [0, 0.1) is 3.57 Å². The fraction of sp³-hybridized carbons (Fsp3) is 0.333. The summed E-state index contributed by atoms with van der Waals surface area (Å²) in [6.45, 7) is -0.522. The summed E-state index contributed by atoms with van der Waals surface area (Å²) in [6.07, 6.45) is 0. The smallest absolute Gasteiger partial charge is 0.129 e. The van der Waals surface area contributed by atoms with E-state index in [0.717, 1.165) is 3.57 Å². The molecule has 0 amide bonds. The Bertz CT molecular complexity index is 302. The molecule has 0 unspecified atom stereocenters. The Morgan fingerprint density at radius 2 is 2.00 bits per heavy atom. The van der Waals surface area contributed by atoms with Gasteiger partial charge in [-0.25, -0.2) is 4.39 Å². The van der Waals surface area contributed by atoms with Gasteiger partial charge < -0.3 is 9.47 Å². The maximum absolute atomic E-state index is 12.5. The first kappa shape index (κ1) is 10.6. The molecule has 0 aliphatic carbocycles. The van der Waals surface area contributed by atoms with Crippen LogP contribution >= 0.6 is 22.6 Å². The summed E-state index contributed by atoms with van der Waals surface area (Å²) in [5.74, 6) is 1.21. The molecule has 1 aromatic rings. The molecule has 1 aromatic carbocycles. The van der Waals surface area contributed by atoms with Gasteiger partial charge in [-0.2, -0.15) is 0 Å². The highest BCUT2D eigenvalue weighted by atomic mass is 127. The first-order valence-corrected chi connectivity index (χ1v) is 4.77. The van der Waals surface area contributed by atoms with E-state index in [1.807, 2.05) is 0 Å². The number of hydrogen-bond donors (Lipinski definition) is 0. The maximum atomic E-state index is 12.5. The van der Waals surface area contributed by atoms with Crippen LogP contribution in [0.3, 0.4) is 0 Å². The van der Waals surface area contributed by atoms with Crippen LogP contribution in [0.5, 0.6) is 11.5 Å².